The van der Waals surface area contributed by atoms with E-state index in [-0.39, 0.29) is 11.2 Å². The highest BCUT2D eigenvalue weighted by Gasteiger charge is 2.29. The van der Waals surface area contributed by atoms with Gasteiger partial charge in [-0.3, -0.25) is 4.79 Å². The molecule has 0 fully saturated rings. The van der Waals surface area contributed by atoms with Gasteiger partial charge < -0.3 is 4.74 Å². The predicted molar refractivity (Wildman–Crippen MR) is 54.6 cm³/mol. The second kappa shape index (κ2) is 3.33. The number of rotatable bonds is 0. The van der Waals surface area contributed by atoms with E-state index in [4.69, 9.17) is 4.74 Å². The number of benzene rings is 1. The largest absolute Gasteiger partial charge is 0.492 e. The number of ketones is 1. The third-order valence-electron chi connectivity index (χ3n) is 2.50. The van der Waals surface area contributed by atoms with E-state index in [2.05, 4.69) is 0 Å². The molecule has 1 heterocycles. The third kappa shape index (κ3) is 2.01. The van der Waals surface area contributed by atoms with Gasteiger partial charge in [0.15, 0.2) is 5.78 Å². The molecule has 0 aliphatic carbocycles. The van der Waals surface area contributed by atoms with Crippen LogP contribution in [0.2, 0.25) is 0 Å². The number of fused-ring (bicyclic) bond motifs is 1. The lowest BCUT2D eigenvalue weighted by molar-refractivity contribution is 0.0917. The Balaban J connectivity index is 2.44. The number of Topliss-reactive ketones (excluding diaryl/α,β-unsaturated/α-hetero) is 1. The van der Waals surface area contributed by atoms with Gasteiger partial charge in [-0.15, -0.1) is 0 Å². The summed E-state index contributed by atoms with van der Waals surface area (Å²) in [6.07, 6.45) is 0.392. The molecular formula is C12H13FO2. The molecule has 2 nitrogen and oxygen atoms in total. The van der Waals surface area contributed by atoms with Crippen molar-refractivity contribution in [1.29, 1.82) is 0 Å². The van der Waals surface area contributed by atoms with Crippen LogP contribution < -0.4 is 4.74 Å². The molecule has 1 aromatic carbocycles. The summed E-state index contributed by atoms with van der Waals surface area (Å²) in [6.45, 7) is 4.41. The van der Waals surface area contributed by atoms with E-state index in [1.165, 1.54) is 18.2 Å². The molecule has 0 radical (unpaired) electrons. The lowest BCUT2D eigenvalue weighted by Gasteiger charge is -2.19. The molecule has 0 amide bonds. The highest BCUT2D eigenvalue weighted by atomic mass is 19.1. The standard InChI is InChI=1S/C12H13FO2/c1-12(2)6-10(14)9-5-8(13)3-4-11(9)15-7-12/h3-5H,6-7H2,1-2H3. The van der Waals surface area contributed by atoms with Crippen LogP contribution in [0.25, 0.3) is 0 Å². The van der Waals surface area contributed by atoms with Gasteiger partial charge in [0, 0.05) is 11.8 Å². The van der Waals surface area contributed by atoms with Crippen molar-refractivity contribution in [2.75, 3.05) is 6.61 Å². The SMILES string of the molecule is CC1(C)COc2ccc(F)cc2C(=O)C1. The fourth-order valence-electron chi connectivity index (χ4n) is 1.70. The lowest BCUT2D eigenvalue weighted by Crippen LogP contribution is -2.21. The van der Waals surface area contributed by atoms with E-state index in [0.29, 0.717) is 24.3 Å². The molecule has 0 saturated heterocycles. The number of ether oxygens (including phenoxy) is 1. The van der Waals surface area contributed by atoms with Crippen LogP contribution in [0.3, 0.4) is 0 Å². The summed E-state index contributed by atoms with van der Waals surface area (Å²) in [5, 5.41) is 0. The van der Waals surface area contributed by atoms with Crippen molar-refractivity contribution < 1.29 is 13.9 Å². The minimum absolute atomic E-state index is 0.0491. The summed E-state index contributed by atoms with van der Waals surface area (Å²) >= 11 is 0. The van der Waals surface area contributed by atoms with Crippen LogP contribution in [0.5, 0.6) is 5.75 Å². The summed E-state index contributed by atoms with van der Waals surface area (Å²) in [4.78, 5) is 11.8. The summed E-state index contributed by atoms with van der Waals surface area (Å²) in [5.41, 5.74) is 0.174. The minimum Gasteiger partial charge on any atom is -0.492 e. The lowest BCUT2D eigenvalue weighted by atomic mass is 9.87. The molecule has 15 heavy (non-hydrogen) atoms. The second-order valence-corrected chi connectivity index (χ2v) is 4.69. The van der Waals surface area contributed by atoms with E-state index in [9.17, 15) is 9.18 Å². The van der Waals surface area contributed by atoms with Crippen molar-refractivity contribution in [2.45, 2.75) is 20.3 Å². The molecule has 0 spiro atoms. The maximum absolute atomic E-state index is 13.0. The van der Waals surface area contributed by atoms with E-state index >= 15 is 0 Å². The molecule has 0 aromatic heterocycles. The van der Waals surface area contributed by atoms with Crippen LogP contribution in [-0.2, 0) is 0 Å². The molecule has 0 unspecified atom stereocenters. The van der Waals surface area contributed by atoms with E-state index in [1.54, 1.807) is 0 Å². The van der Waals surface area contributed by atoms with Crippen LogP contribution in [0.4, 0.5) is 4.39 Å². The van der Waals surface area contributed by atoms with Crippen LogP contribution in [0, 0.1) is 11.2 Å². The van der Waals surface area contributed by atoms with Crippen LogP contribution >= 0.6 is 0 Å². The Labute approximate surface area is 88.1 Å². The van der Waals surface area contributed by atoms with Gasteiger partial charge in [0.25, 0.3) is 0 Å². The summed E-state index contributed by atoms with van der Waals surface area (Å²) < 4.78 is 18.5. The van der Waals surface area contributed by atoms with Gasteiger partial charge in [0.1, 0.15) is 11.6 Å². The Morgan fingerprint density at radius 1 is 1.40 bits per heavy atom. The fraction of sp³-hybridized carbons (Fsp3) is 0.417. The average molecular weight is 208 g/mol. The van der Waals surface area contributed by atoms with E-state index in [0.717, 1.165) is 0 Å². The number of halogens is 1. The van der Waals surface area contributed by atoms with Crippen LogP contribution in [0.15, 0.2) is 18.2 Å². The molecule has 2 rings (SSSR count). The number of carbonyl (C=O) groups excluding carboxylic acids is 1. The van der Waals surface area contributed by atoms with Crippen LogP contribution in [-0.4, -0.2) is 12.4 Å². The Kier molecular flexibility index (Phi) is 2.25. The Morgan fingerprint density at radius 3 is 2.87 bits per heavy atom. The smallest absolute Gasteiger partial charge is 0.167 e. The van der Waals surface area contributed by atoms with Gasteiger partial charge in [0.2, 0.25) is 0 Å². The van der Waals surface area contributed by atoms with Crippen molar-refractivity contribution in [2.24, 2.45) is 5.41 Å². The first-order valence-electron chi connectivity index (χ1n) is 4.93. The Hall–Kier alpha value is -1.38. The molecule has 80 valence electrons. The monoisotopic (exact) mass is 208 g/mol. The van der Waals surface area contributed by atoms with Gasteiger partial charge in [-0.05, 0) is 18.2 Å². The summed E-state index contributed by atoms with van der Waals surface area (Å²) in [6, 6.07) is 4.08. The minimum atomic E-state index is -0.398. The first-order valence-corrected chi connectivity index (χ1v) is 4.93. The average Bonchev–Trinajstić information content (AvgIpc) is 2.24. The van der Waals surface area contributed by atoms with Crippen LogP contribution in [0.1, 0.15) is 30.6 Å². The molecule has 1 aliphatic rings. The maximum atomic E-state index is 13.0. The normalized spacial score (nSPS) is 19.0. The third-order valence-corrected chi connectivity index (χ3v) is 2.50. The molecule has 0 saturated carbocycles. The zero-order chi connectivity index (χ0) is 11.1. The van der Waals surface area contributed by atoms with Crippen molar-refractivity contribution in [1.82, 2.24) is 0 Å². The zero-order valence-electron chi connectivity index (χ0n) is 8.84. The second-order valence-electron chi connectivity index (χ2n) is 4.69. The van der Waals surface area contributed by atoms with Crippen molar-refractivity contribution in [3.8, 4) is 5.75 Å². The molecule has 0 N–H and O–H groups in total. The van der Waals surface area contributed by atoms with E-state index in [1.807, 2.05) is 13.8 Å². The highest BCUT2D eigenvalue weighted by Crippen LogP contribution is 2.32. The number of hydrogen-bond donors (Lipinski definition) is 0. The molecule has 0 atom stereocenters. The topological polar surface area (TPSA) is 26.3 Å². The molecule has 1 aliphatic heterocycles. The molecule has 3 heteroatoms. The summed E-state index contributed by atoms with van der Waals surface area (Å²) in [5.74, 6) is 0.0457. The van der Waals surface area contributed by atoms with Crippen molar-refractivity contribution >= 4 is 5.78 Å². The quantitative estimate of drug-likeness (QED) is 0.655. The Bertz CT molecular complexity index is 410. The Morgan fingerprint density at radius 2 is 2.13 bits per heavy atom. The predicted octanol–water partition coefficient (Wildman–Crippen LogP) is 2.82. The van der Waals surface area contributed by atoms with Gasteiger partial charge in [-0.2, -0.15) is 0 Å². The maximum Gasteiger partial charge on any atom is 0.167 e. The molecule has 0 bridgehead atoms. The fourth-order valence-corrected chi connectivity index (χ4v) is 1.70. The molecule has 1 aromatic rings. The zero-order valence-corrected chi connectivity index (χ0v) is 8.84. The number of hydrogen-bond acceptors (Lipinski definition) is 2. The number of carbonyl (C=O) groups is 1. The van der Waals surface area contributed by atoms with E-state index < -0.39 is 5.82 Å². The highest BCUT2D eigenvalue weighted by molar-refractivity contribution is 5.99. The first kappa shape index (κ1) is 10.1. The van der Waals surface area contributed by atoms with Gasteiger partial charge >= 0.3 is 0 Å². The van der Waals surface area contributed by atoms with Gasteiger partial charge in [0.05, 0.1) is 12.2 Å². The first-order chi connectivity index (χ1) is 6.98. The molecular weight excluding hydrogens is 195 g/mol. The summed E-state index contributed by atoms with van der Waals surface area (Å²) in [7, 11) is 0. The van der Waals surface area contributed by atoms with Crippen molar-refractivity contribution in [3.63, 3.8) is 0 Å². The van der Waals surface area contributed by atoms with Gasteiger partial charge in [-0.25, -0.2) is 4.39 Å². The van der Waals surface area contributed by atoms with Gasteiger partial charge in [-0.1, -0.05) is 13.8 Å². The van der Waals surface area contributed by atoms with Crippen molar-refractivity contribution in [3.05, 3.63) is 29.6 Å².